The average Bonchev–Trinajstić information content (AvgIpc) is 3.13. The summed E-state index contributed by atoms with van der Waals surface area (Å²) in [5.41, 5.74) is 1.90. The van der Waals surface area contributed by atoms with Crippen LogP contribution in [0.3, 0.4) is 0 Å². The number of halogens is 2. The van der Waals surface area contributed by atoms with E-state index in [2.05, 4.69) is 10.1 Å². The number of aromatic nitrogens is 5. The average molecular weight is 383 g/mol. The summed E-state index contributed by atoms with van der Waals surface area (Å²) >= 11 is 0. The quantitative estimate of drug-likeness (QED) is 0.615. The van der Waals surface area contributed by atoms with Gasteiger partial charge in [0, 0.05) is 30.2 Å². The second-order valence-corrected chi connectivity index (χ2v) is 7.38. The van der Waals surface area contributed by atoms with Gasteiger partial charge in [-0.25, -0.2) is 13.8 Å². The van der Waals surface area contributed by atoms with Gasteiger partial charge in [0.05, 0.1) is 33.1 Å². The number of hydrogen-bond acceptors (Lipinski definition) is 3. The Morgan fingerprint density at radius 2 is 1.89 bits per heavy atom. The van der Waals surface area contributed by atoms with E-state index in [1.165, 1.54) is 16.8 Å². The fourth-order valence-corrected chi connectivity index (χ4v) is 3.13. The zero-order valence-corrected chi connectivity index (χ0v) is 16.4. The van der Waals surface area contributed by atoms with E-state index in [0.717, 1.165) is 30.3 Å². The van der Waals surface area contributed by atoms with E-state index in [1.54, 1.807) is 13.1 Å². The van der Waals surface area contributed by atoms with Crippen molar-refractivity contribution in [2.75, 3.05) is 0 Å². The zero-order valence-electron chi connectivity index (χ0n) is 16.4. The first-order valence-electron chi connectivity index (χ1n) is 9.03. The third-order valence-corrected chi connectivity index (χ3v) is 4.78. The second kappa shape index (κ2) is 6.90. The molecule has 0 amide bonds. The van der Waals surface area contributed by atoms with Gasteiger partial charge in [-0.1, -0.05) is 13.8 Å². The van der Waals surface area contributed by atoms with Crippen molar-refractivity contribution in [2.24, 2.45) is 0 Å². The van der Waals surface area contributed by atoms with Crippen LogP contribution in [-0.2, 0) is 13.1 Å². The van der Waals surface area contributed by atoms with Crippen LogP contribution in [0.1, 0.15) is 31.7 Å². The third-order valence-electron chi connectivity index (χ3n) is 4.78. The Labute approximate surface area is 164 Å². The first kappa shape index (κ1) is 20.4. The Balaban J connectivity index is 2.06. The van der Waals surface area contributed by atoms with Crippen LogP contribution in [0.2, 0.25) is 5.21 Å². The summed E-state index contributed by atoms with van der Waals surface area (Å²) in [5, 5.41) is 1.76. The summed E-state index contributed by atoms with van der Waals surface area (Å²) in [6, 6.07) is 0. The summed E-state index contributed by atoms with van der Waals surface area (Å²) in [5.74, 6) is -2.82. The van der Waals surface area contributed by atoms with E-state index in [-0.39, 0.29) is 5.56 Å². The number of imidazole rings is 1. The number of aryl methyl sites for hydroxylation is 3. The maximum Gasteiger partial charge on any atom is 0.267 e. The molecule has 3 rings (SSSR count). The lowest BCUT2D eigenvalue weighted by atomic mass is 9.52. The van der Waals surface area contributed by atoms with Gasteiger partial charge in [0.1, 0.15) is 6.54 Å². The molecule has 4 radical (unpaired) electrons. The Morgan fingerprint density at radius 1 is 1.21 bits per heavy atom. The minimum atomic E-state index is -3.38. The molecule has 0 bridgehead atoms. The lowest BCUT2D eigenvalue weighted by Gasteiger charge is -2.31. The molecular weight excluding hydrogens is 362 g/mol. The summed E-state index contributed by atoms with van der Waals surface area (Å²) in [4.78, 5) is 17.6. The predicted octanol–water partition coefficient (Wildman–Crippen LogP) is 2.49. The van der Waals surface area contributed by atoms with Crippen LogP contribution in [0.15, 0.2) is 23.4 Å². The van der Waals surface area contributed by atoms with Gasteiger partial charge in [0.2, 0.25) is 5.78 Å². The molecule has 28 heavy (non-hydrogen) atoms. The van der Waals surface area contributed by atoms with Crippen LogP contribution in [0, 0.1) is 13.8 Å². The largest absolute Gasteiger partial charge is 0.314 e. The van der Waals surface area contributed by atoms with Gasteiger partial charge in [0.15, 0.2) is 0 Å². The lowest BCUT2D eigenvalue weighted by Crippen LogP contribution is -2.38. The summed E-state index contributed by atoms with van der Waals surface area (Å²) < 4.78 is 32.7. The molecule has 0 atom stereocenters. The Morgan fingerprint density at radius 3 is 2.50 bits per heavy atom. The molecule has 0 saturated carbocycles. The molecule has 6 nitrogen and oxygen atoms in total. The van der Waals surface area contributed by atoms with Crippen LogP contribution < -0.4 is 5.56 Å². The molecule has 0 N–H and O–H groups in total. The van der Waals surface area contributed by atoms with Crippen LogP contribution >= 0.6 is 0 Å². The van der Waals surface area contributed by atoms with Crippen molar-refractivity contribution in [3.63, 3.8) is 0 Å². The molecule has 0 aliphatic rings. The van der Waals surface area contributed by atoms with E-state index in [9.17, 15) is 13.6 Å². The first-order valence-corrected chi connectivity index (χ1v) is 9.03. The lowest BCUT2D eigenvalue weighted by molar-refractivity contribution is -0.0344. The monoisotopic (exact) mass is 383 g/mol. The normalized spacial score (nSPS) is 12.8. The van der Waals surface area contributed by atoms with E-state index in [0.29, 0.717) is 22.6 Å². The van der Waals surface area contributed by atoms with Crippen molar-refractivity contribution >= 4 is 21.5 Å². The minimum Gasteiger partial charge on any atom is -0.314 e. The highest BCUT2D eigenvalue weighted by Gasteiger charge is 2.42. The van der Waals surface area contributed by atoms with Crippen LogP contribution in [0.25, 0.3) is 16.9 Å². The highest BCUT2D eigenvalue weighted by Crippen LogP contribution is 2.38. The minimum absolute atomic E-state index is 0.269. The molecule has 3 aromatic heterocycles. The predicted molar refractivity (Wildman–Crippen MR) is 105 cm³/mol. The summed E-state index contributed by atoms with van der Waals surface area (Å²) in [7, 11) is 10.7. The molecule has 144 valence electrons. The van der Waals surface area contributed by atoms with Gasteiger partial charge in [-0.05, 0) is 25.5 Å². The zero-order chi connectivity index (χ0) is 20.9. The third kappa shape index (κ3) is 3.40. The van der Waals surface area contributed by atoms with Crippen molar-refractivity contribution < 1.29 is 8.78 Å². The highest BCUT2D eigenvalue weighted by molar-refractivity contribution is 6.40. The number of alkyl halides is 2. The fraction of sp³-hybridized carbons (Fsp3) is 0.500. The molecule has 10 heteroatoms. The van der Waals surface area contributed by atoms with Crippen molar-refractivity contribution in [2.45, 2.75) is 58.3 Å². The Hall–Kier alpha value is -2.38. The topological polar surface area (TPSA) is 57.1 Å². The van der Waals surface area contributed by atoms with Crippen molar-refractivity contribution in [1.82, 2.24) is 23.7 Å². The maximum atomic E-state index is 14.1. The SMILES string of the molecule is [B]C([B])(C)C(F)(F)Cn1cc(-c2c(C)nc3n(CCC)c(C)cn3c2=O)cn1. The molecule has 0 unspecified atom stereocenters. The summed E-state index contributed by atoms with van der Waals surface area (Å²) in [6.07, 6.45) is 5.39. The standard InChI is InChI=1S/C18H21B2F2N5O/c1-5-6-26-11(2)8-27-15(28)14(12(3)24-16(26)27)13-7-23-25(9-13)10-18(21,22)17(4,19)20/h7-9H,5-6,10H2,1-4H3. The fourth-order valence-electron chi connectivity index (χ4n) is 3.13. The smallest absolute Gasteiger partial charge is 0.267 e. The van der Waals surface area contributed by atoms with Gasteiger partial charge in [0.25, 0.3) is 11.5 Å². The molecule has 0 aliphatic heterocycles. The molecule has 3 aromatic rings. The van der Waals surface area contributed by atoms with Gasteiger partial charge in [-0.15, -0.1) is 0 Å². The number of hydrogen-bond donors (Lipinski definition) is 0. The van der Waals surface area contributed by atoms with Crippen molar-refractivity contribution in [3.8, 4) is 11.1 Å². The summed E-state index contributed by atoms with van der Waals surface area (Å²) in [6.45, 7) is 6.69. The van der Waals surface area contributed by atoms with Gasteiger partial charge in [-0.3, -0.25) is 13.9 Å². The molecule has 0 saturated heterocycles. The van der Waals surface area contributed by atoms with Crippen molar-refractivity contribution in [3.05, 3.63) is 40.3 Å². The number of rotatable bonds is 6. The van der Waals surface area contributed by atoms with E-state index >= 15 is 0 Å². The molecule has 3 heterocycles. The molecule has 0 aliphatic carbocycles. The first-order chi connectivity index (χ1) is 13.0. The van der Waals surface area contributed by atoms with Gasteiger partial charge < -0.3 is 4.57 Å². The highest BCUT2D eigenvalue weighted by atomic mass is 19.3. The molecular formula is C18H21B2F2N5O. The molecule has 0 spiro atoms. The Kier molecular flexibility index (Phi) is 5.02. The van der Waals surface area contributed by atoms with Gasteiger partial charge >= 0.3 is 0 Å². The van der Waals surface area contributed by atoms with Crippen LogP contribution in [0.4, 0.5) is 8.78 Å². The Bertz CT molecular complexity index is 1080. The second-order valence-electron chi connectivity index (χ2n) is 7.38. The maximum absolute atomic E-state index is 14.1. The van der Waals surface area contributed by atoms with E-state index in [4.69, 9.17) is 15.7 Å². The van der Waals surface area contributed by atoms with Crippen molar-refractivity contribution in [1.29, 1.82) is 0 Å². The van der Waals surface area contributed by atoms with E-state index < -0.39 is 17.7 Å². The molecule has 0 aromatic carbocycles. The number of nitrogens with zero attached hydrogens (tertiary/aromatic N) is 5. The van der Waals surface area contributed by atoms with Crippen LogP contribution in [-0.4, -0.2) is 45.3 Å². The van der Waals surface area contributed by atoms with E-state index in [1.807, 2.05) is 18.4 Å². The van der Waals surface area contributed by atoms with Gasteiger partial charge in [-0.2, -0.15) is 5.10 Å². The number of fused-ring (bicyclic) bond motifs is 1. The van der Waals surface area contributed by atoms with Crippen LogP contribution in [0.5, 0.6) is 0 Å². The molecule has 0 fully saturated rings.